The van der Waals surface area contributed by atoms with Gasteiger partial charge >= 0.3 is 0 Å². The molecule has 1 aromatic heterocycles. The fourth-order valence-electron chi connectivity index (χ4n) is 2.57. The zero-order valence-corrected chi connectivity index (χ0v) is 12.3. The van der Waals surface area contributed by atoms with Crippen molar-refractivity contribution < 1.29 is 4.52 Å². The second kappa shape index (κ2) is 5.54. The van der Waals surface area contributed by atoms with Gasteiger partial charge in [0, 0.05) is 11.4 Å². The number of aromatic nitrogens is 2. The largest absolute Gasteiger partial charge is 0.337 e. The molecule has 0 radical (unpaired) electrons. The third-order valence-corrected chi connectivity index (χ3v) is 4.09. The van der Waals surface area contributed by atoms with Crippen molar-refractivity contribution in [1.82, 2.24) is 15.5 Å². The Morgan fingerprint density at radius 1 is 1.30 bits per heavy atom. The quantitative estimate of drug-likeness (QED) is 0.943. The van der Waals surface area contributed by atoms with E-state index >= 15 is 0 Å². The number of hydrogen-bond donors (Lipinski definition) is 1. The Bertz CT molecular complexity index is 573. The lowest BCUT2D eigenvalue weighted by Crippen LogP contribution is -2.43. The molecule has 2 heterocycles. The smallest absolute Gasteiger partial charge is 0.246 e. The number of piperidine rings is 1. The van der Waals surface area contributed by atoms with E-state index in [2.05, 4.69) is 22.4 Å². The summed E-state index contributed by atoms with van der Waals surface area (Å²) < 4.78 is 5.45. The van der Waals surface area contributed by atoms with Gasteiger partial charge < -0.3 is 9.84 Å². The Morgan fingerprint density at radius 2 is 2.10 bits per heavy atom. The minimum atomic E-state index is -0.177. The molecule has 1 fully saturated rings. The molecular weight excluding hydrogens is 274 g/mol. The standard InChI is InChI=1S/C15H18ClN3O/c1-15(8-2-3-9-17-15)14-18-13(19-20-14)10-11-4-6-12(16)7-5-11/h4-7,17H,2-3,8-10H2,1H3. The molecule has 1 N–H and O–H groups in total. The molecule has 4 nitrogen and oxygen atoms in total. The summed E-state index contributed by atoms with van der Waals surface area (Å²) in [5, 5.41) is 8.32. The van der Waals surface area contributed by atoms with Gasteiger partial charge in [-0.05, 0) is 50.4 Å². The first-order valence-electron chi connectivity index (χ1n) is 6.98. The number of benzene rings is 1. The van der Waals surface area contributed by atoms with E-state index in [4.69, 9.17) is 16.1 Å². The summed E-state index contributed by atoms with van der Waals surface area (Å²) in [5.41, 5.74) is 0.951. The predicted molar refractivity (Wildman–Crippen MR) is 77.8 cm³/mol. The van der Waals surface area contributed by atoms with Gasteiger partial charge in [0.15, 0.2) is 5.82 Å². The maximum Gasteiger partial charge on any atom is 0.246 e. The first kappa shape index (κ1) is 13.6. The van der Waals surface area contributed by atoms with Crippen LogP contribution in [0, 0.1) is 0 Å². The number of halogens is 1. The third-order valence-electron chi connectivity index (χ3n) is 3.83. The number of hydrogen-bond acceptors (Lipinski definition) is 4. The lowest BCUT2D eigenvalue weighted by molar-refractivity contribution is 0.206. The van der Waals surface area contributed by atoms with Gasteiger partial charge in [-0.3, -0.25) is 0 Å². The van der Waals surface area contributed by atoms with Crippen LogP contribution in [0.2, 0.25) is 5.02 Å². The van der Waals surface area contributed by atoms with Crippen LogP contribution in [0.25, 0.3) is 0 Å². The molecule has 1 atom stereocenters. The first-order valence-corrected chi connectivity index (χ1v) is 7.36. The van der Waals surface area contributed by atoms with E-state index in [0.717, 1.165) is 29.4 Å². The highest BCUT2D eigenvalue weighted by Crippen LogP contribution is 2.28. The minimum absolute atomic E-state index is 0.177. The Morgan fingerprint density at radius 3 is 2.80 bits per heavy atom. The van der Waals surface area contributed by atoms with Crippen molar-refractivity contribution in [1.29, 1.82) is 0 Å². The molecule has 0 amide bonds. The topological polar surface area (TPSA) is 51.0 Å². The van der Waals surface area contributed by atoms with Crippen molar-refractivity contribution in [3.8, 4) is 0 Å². The Hall–Kier alpha value is -1.39. The van der Waals surface area contributed by atoms with E-state index in [1.165, 1.54) is 12.8 Å². The summed E-state index contributed by atoms with van der Waals surface area (Å²) in [5.74, 6) is 1.41. The average molecular weight is 292 g/mol. The zero-order chi connectivity index (χ0) is 14.0. The van der Waals surface area contributed by atoms with Crippen LogP contribution in [0.4, 0.5) is 0 Å². The third kappa shape index (κ3) is 2.86. The molecule has 1 aromatic carbocycles. The highest BCUT2D eigenvalue weighted by molar-refractivity contribution is 6.30. The van der Waals surface area contributed by atoms with Gasteiger partial charge in [0.1, 0.15) is 0 Å². The number of nitrogens with one attached hydrogen (secondary N) is 1. The number of nitrogens with zero attached hydrogens (tertiary/aromatic N) is 2. The lowest BCUT2D eigenvalue weighted by atomic mass is 9.91. The Balaban J connectivity index is 1.74. The second-order valence-corrected chi connectivity index (χ2v) is 5.97. The summed E-state index contributed by atoms with van der Waals surface area (Å²) >= 11 is 5.88. The fourth-order valence-corrected chi connectivity index (χ4v) is 2.70. The minimum Gasteiger partial charge on any atom is -0.337 e. The van der Waals surface area contributed by atoms with Crippen molar-refractivity contribution in [2.45, 2.75) is 38.1 Å². The van der Waals surface area contributed by atoms with Crippen LogP contribution in [0.5, 0.6) is 0 Å². The molecule has 2 aromatic rings. The van der Waals surface area contributed by atoms with Crippen molar-refractivity contribution in [3.63, 3.8) is 0 Å². The van der Waals surface area contributed by atoms with Gasteiger partial charge in [-0.15, -0.1) is 0 Å². The molecule has 5 heteroatoms. The molecule has 1 unspecified atom stereocenters. The van der Waals surface area contributed by atoms with Crippen LogP contribution < -0.4 is 5.32 Å². The van der Waals surface area contributed by atoms with E-state index in [9.17, 15) is 0 Å². The molecule has 0 saturated carbocycles. The summed E-state index contributed by atoms with van der Waals surface area (Å²) in [7, 11) is 0. The lowest BCUT2D eigenvalue weighted by Gasteiger charge is -2.31. The molecule has 106 valence electrons. The van der Waals surface area contributed by atoms with E-state index in [-0.39, 0.29) is 5.54 Å². The van der Waals surface area contributed by atoms with Crippen LogP contribution in [0.3, 0.4) is 0 Å². The van der Waals surface area contributed by atoms with Gasteiger partial charge in [-0.1, -0.05) is 28.9 Å². The molecule has 1 saturated heterocycles. The molecule has 1 aliphatic rings. The summed E-state index contributed by atoms with van der Waals surface area (Å²) in [4.78, 5) is 4.55. The monoisotopic (exact) mass is 291 g/mol. The van der Waals surface area contributed by atoms with E-state index in [1.807, 2.05) is 24.3 Å². The highest BCUT2D eigenvalue weighted by atomic mass is 35.5. The van der Waals surface area contributed by atoms with E-state index < -0.39 is 0 Å². The molecular formula is C15H18ClN3O. The van der Waals surface area contributed by atoms with Crippen LogP contribution in [0.15, 0.2) is 28.8 Å². The average Bonchev–Trinajstić information content (AvgIpc) is 2.92. The van der Waals surface area contributed by atoms with Gasteiger partial charge in [0.25, 0.3) is 0 Å². The summed E-state index contributed by atoms with van der Waals surface area (Å²) in [6, 6.07) is 7.72. The molecule has 0 aliphatic carbocycles. The van der Waals surface area contributed by atoms with Crippen LogP contribution in [-0.4, -0.2) is 16.7 Å². The van der Waals surface area contributed by atoms with Crippen molar-refractivity contribution in [3.05, 3.63) is 46.6 Å². The van der Waals surface area contributed by atoms with Crippen molar-refractivity contribution >= 4 is 11.6 Å². The molecule has 1 aliphatic heterocycles. The highest BCUT2D eigenvalue weighted by Gasteiger charge is 2.34. The van der Waals surface area contributed by atoms with Gasteiger partial charge in [-0.2, -0.15) is 4.98 Å². The Labute approximate surface area is 123 Å². The maximum absolute atomic E-state index is 5.88. The van der Waals surface area contributed by atoms with Crippen LogP contribution >= 0.6 is 11.6 Å². The van der Waals surface area contributed by atoms with Gasteiger partial charge in [0.05, 0.1) is 5.54 Å². The summed E-state index contributed by atoms with van der Waals surface area (Å²) in [6.45, 7) is 3.14. The van der Waals surface area contributed by atoms with Crippen LogP contribution in [-0.2, 0) is 12.0 Å². The predicted octanol–water partition coefficient (Wildman–Crippen LogP) is 3.30. The van der Waals surface area contributed by atoms with Gasteiger partial charge in [0.2, 0.25) is 5.89 Å². The second-order valence-electron chi connectivity index (χ2n) is 5.53. The van der Waals surface area contributed by atoms with E-state index in [1.54, 1.807) is 0 Å². The molecule has 0 bridgehead atoms. The van der Waals surface area contributed by atoms with Crippen molar-refractivity contribution in [2.24, 2.45) is 0 Å². The van der Waals surface area contributed by atoms with Crippen LogP contribution in [0.1, 0.15) is 43.5 Å². The summed E-state index contributed by atoms with van der Waals surface area (Å²) in [6.07, 6.45) is 4.10. The zero-order valence-electron chi connectivity index (χ0n) is 11.5. The molecule has 3 rings (SSSR count). The number of rotatable bonds is 3. The first-order chi connectivity index (χ1) is 9.66. The maximum atomic E-state index is 5.88. The van der Waals surface area contributed by atoms with Gasteiger partial charge in [-0.25, -0.2) is 0 Å². The van der Waals surface area contributed by atoms with Crippen molar-refractivity contribution in [2.75, 3.05) is 6.54 Å². The SMILES string of the molecule is CC1(c2nc(Cc3ccc(Cl)cc3)no2)CCCCN1. The van der Waals surface area contributed by atoms with E-state index in [0.29, 0.717) is 12.3 Å². The molecule has 20 heavy (non-hydrogen) atoms. The Kier molecular flexibility index (Phi) is 3.76. The fraction of sp³-hybridized carbons (Fsp3) is 0.467. The molecule has 0 spiro atoms. The normalized spacial score (nSPS) is 22.9.